The van der Waals surface area contributed by atoms with Gasteiger partial charge in [-0.2, -0.15) is 5.26 Å². The number of hydrogen-bond acceptors (Lipinski definition) is 4. The molecule has 0 N–H and O–H groups in total. The number of anilines is 1. The smallest absolute Gasteiger partial charge is 0.128 e. The second-order valence-corrected chi connectivity index (χ2v) is 6.19. The van der Waals surface area contributed by atoms with Crippen LogP contribution in [0.3, 0.4) is 0 Å². The molecule has 0 saturated heterocycles. The fraction of sp³-hybridized carbons (Fsp3) is 0.556. The van der Waals surface area contributed by atoms with E-state index in [0.29, 0.717) is 17.5 Å². The molecule has 1 heterocycles. The molecule has 116 valence electrons. The average Bonchev–Trinajstić information content (AvgIpc) is 2.54. The van der Waals surface area contributed by atoms with Crippen LogP contribution in [0.4, 0.5) is 5.82 Å². The number of nitriles is 1. The molecule has 0 spiro atoms. The molecule has 1 aliphatic carbocycles. The number of rotatable bonds is 3. The predicted octanol–water partition coefficient (Wildman–Crippen LogP) is 2.51. The summed E-state index contributed by atoms with van der Waals surface area (Å²) in [5.74, 6) is 8.15. The van der Waals surface area contributed by atoms with Crippen molar-refractivity contribution in [3.8, 4) is 17.9 Å². The van der Waals surface area contributed by atoms with Crippen LogP contribution in [0.25, 0.3) is 0 Å². The van der Waals surface area contributed by atoms with E-state index in [1.165, 1.54) is 0 Å². The molecule has 4 heteroatoms. The third-order valence-electron chi connectivity index (χ3n) is 4.18. The van der Waals surface area contributed by atoms with Gasteiger partial charge in [-0.15, -0.1) is 0 Å². The third-order valence-corrected chi connectivity index (χ3v) is 4.18. The van der Waals surface area contributed by atoms with Crippen molar-refractivity contribution in [2.24, 2.45) is 5.92 Å². The van der Waals surface area contributed by atoms with E-state index in [2.05, 4.69) is 39.7 Å². The lowest BCUT2D eigenvalue weighted by Crippen LogP contribution is -2.35. The van der Waals surface area contributed by atoms with Crippen LogP contribution in [0.2, 0.25) is 0 Å². The minimum Gasteiger partial charge on any atom is -0.357 e. The molecule has 1 aliphatic rings. The van der Waals surface area contributed by atoms with E-state index < -0.39 is 0 Å². The van der Waals surface area contributed by atoms with E-state index in [0.717, 1.165) is 38.0 Å². The Morgan fingerprint density at radius 1 is 1.18 bits per heavy atom. The summed E-state index contributed by atoms with van der Waals surface area (Å²) in [7, 11) is 6.19. The molecule has 2 rings (SSSR count). The van der Waals surface area contributed by atoms with Crippen molar-refractivity contribution in [2.45, 2.75) is 31.7 Å². The van der Waals surface area contributed by atoms with E-state index in [-0.39, 0.29) is 0 Å². The molecule has 1 fully saturated rings. The van der Waals surface area contributed by atoms with E-state index in [1.807, 2.05) is 26.2 Å². The largest absolute Gasteiger partial charge is 0.357 e. The molecule has 0 unspecified atom stereocenters. The van der Waals surface area contributed by atoms with E-state index in [4.69, 9.17) is 5.26 Å². The highest BCUT2D eigenvalue weighted by atomic mass is 15.2. The van der Waals surface area contributed by atoms with Crippen molar-refractivity contribution in [1.29, 1.82) is 5.26 Å². The minimum atomic E-state index is 0.521. The van der Waals surface area contributed by atoms with Crippen LogP contribution in [0, 0.1) is 29.1 Å². The Kier molecular flexibility index (Phi) is 5.81. The molecular formula is C18H24N4. The SMILES string of the molecule is CN(C)CC#C[C@H]1CC[C@H](N(C)c2ccc(C#N)cn2)CC1. The Hall–Kier alpha value is -2.04. The maximum Gasteiger partial charge on any atom is 0.128 e. The Morgan fingerprint density at radius 2 is 1.91 bits per heavy atom. The van der Waals surface area contributed by atoms with Crippen molar-refractivity contribution in [3.63, 3.8) is 0 Å². The zero-order valence-electron chi connectivity index (χ0n) is 13.7. The lowest BCUT2D eigenvalue weighted by Gasteiger charge is -2.34. The van der Waals surface area contributed by atoms with Gasteiger partial charge in [-0.3, -0.25) is 4.90 Å². The van der Waals surface area contributed by atoms with Gasteiger partial charge in [0, 0.05) is 25.2 Å². The maximum absolute atomic E-state index is 8.83. The van der Waals surface area contributed by atoms with E-state index >= 15 is 0 Å². The first-order chi connectivity index (χ1) is 10.6. The summed E-state index contributed by atoms with van der Waals surface area (Å²) < 4.78 is 0. The highest BCUT2D eigenvalue weighted by molar-refractivity contribution is 5.42. The Labute approximate surface area is 133 Å². The molecular weight excluding hydrogens is 272 g/mol. The van der Waals surface area contributed by atoms with Crippen LogP contribution >= 0.6 is 0 Å². The number of pyridine rings is 1. The first kappa shape index (κ1) is 16.3. The lowest BCUT2D eigenvalue weighted by atomic mass is 9.86. The molecule has 0 aromatic carbocycles. The molecule has 0 amide bonds. The topological polar surface area (TPSA) is 43.2 Å². The van der Waals surface area contributed by atoms with Gasteiger partial charge < -0.3 is 4.90 Å². The highest BCUT2D eigenvalue weighted by Crippen LogP contribution is 2.28. The molecule has 1 saturated carbocycles. The molecule has 0 bridgehead atoms. The first-order valence-electron chi connectivity index (χ1n) is 7.82. The first-order valence-corrected chi connectivity index (χ1v) is 7.82. The molecule has 4 nitrogen and oxygen atoms in total. The maximum atomic E-state index is 8.83. The summed E-state index contributed by atoms with van der Waals surface area (Å²) in [5, 5.41) is 8.83. The van der Waals surface area contributed by atoms with Gasteiger partial charge in [0.25, 0.3) is 0 Å². The van der Waals surface area contributed by atoms with Gasteiger partial charge in [-0.1, -0.05) is 11.8 Å². The Bertz CT molecular complexity index is 566. The predicted molar refractivity (Wildman–Crippen MR) is 89.4 cm³/mol. The summed E-state index contributed by atoms with van der Waals surface area (Å²) >= 11 is 0. The van der Waals surface area contributed by atoms with Crippen molar-refractivity contribution in [2.75, 3.05) is 32.6 Å². The van der Waals surface area contributed by atoms with Crippen LogP contribution in [0.15, 0.2) is 18.3 Å². The van der Waals surface area contributed by atoms with Crippen molar-refractivity contribution in [1.82, 2.24) is 9.88 Å². The van der Waals surface area contributed by atoms with Gasteiger partial charge in [0.15, 0.2) is 0 Å². The number of nitrogens with zero attached hydrogens (tertiary/aromatic N) is 4. The zero-order chi connectivity index (χ0) is 15.9. The monoisotopic (exact) mass is 296 g/mol. The minimum absolute atomic E-state index is 0.521. The quantitative estimate of drug-likeness (QED) is 0.804. The normalized spacial score (nSPS) is 20.9. The summed E-state index contributed by atoms with van der Waals surface area (Å²) in [6.07, 6.45) is 6.26. The van der Waals surface area contributed by atoms with Gasteiger partial charge in [-0.25, -0.2) is 4.98 Å². The van der Waals surface area contributed by atoms with Crippen molar-refractivity contribution >= 4 is 5.82 Å². The standard InChI is InChI=1S/C18H24N4/c1-21(2)12-4-5-15-6-9-17(10-7-15)22(3)18-11-8-16(13-19)14-20-18/h8,11,14-15,17H,6-7,9-10,12H2,1-3H3/t15-,17-. The van der Waals surface area contributed by atoms with Crippen molar-refractivity contribution < 1.29 is 0 Å². The summed E-state index contributed by atoms with van der Waals surface area (Å²) in [4.78, 5) is 8.72. The number of aromatic nitrogens is 1. The molecule has 22 heavy (non-hydrogen) atoms. The second kappa shape index (κ2) is 7.82. The lowest BCUT2D eigenvalue weighted by molar-refractivity contribution is 0.373. The van der Waals surface area contributed by atoms with Gasteiger partial charge >= 0.3 is 0 Å². The van der Waals surface area contributed by atoms with Gasteiger partial charge in [0.1, 0.15) is 11.9 Å². The molecule has 0 radical (unpaired) electrons. The van der Waals surface area contributed by atoms with Gasteiger partial charge in [0.05, 0.1) is 12.1 Å². The van der Waals surface area contributed by atoms with Crippen LogP contribution < -0.4 is 4.90 Å². The van der Waals surface area contributed by atoms with E-state index in [1.54, 1.807) is 6.20 Å². The summed E-state index contributed by atoms with van der Waals surface area (Å²) in [6.45, 7) is 0.842. The van der Waals surface area contributed by atoms with Crippen LogP contribution in [0.5, 0.6) is 0 Å². The fourth-order valence-corrected chi connectivity index (χ4v) is 2.80. The molecule has 0 atom stereocenters. The Balaban J connectivity index is 1.87. The summed E-state index contributed by atoms with van der Waals surface area (Å²) in [5.41, 5.74) is 0.608. The highest BCUT2D eigenvalue weighted by Gasteiger charge is 2.23. The molecule has 1 aromatic heterocycles. The molecule has 0 aliphatic heterocycles. The second-order valence-electron chi connectivity index (χ2n) is 6.19. The van der Waals surface area contributed by atoms with E-state index in [9.17, 15) is 0 Å². The number of hydrogen-bond donors (Lipinski definition) is 0. The average molecular weight is 296 g/mol. The van der Waals surface area contributed by atoms with Crippen LogP contribution in [0.1, 0.15) is 31.2 Å². The van der Waals surface area contributed by atoms with Crippen LogP contribution in [-0.4, -0.2) is 43.6 Å². The Morgan fingerprint density at radius 3 is 2.45 bits per heavy atom. The van der Waals surface area contributed by atoms with Crippen LogP contribution in [-0.2, 0) is 0 Å². The van der Waals surface area contributed by atoms with Gasteiger partial charge in [0.2, 0.25) is 0 Å². The fourth-order valence-electron chi connectivity index (χ4n) is 2.80. The molecule has 1 aromatic rings. The zero-order valence-corrected chi connectivity index (χ0v) is 13.7. The van der Waals surface area contributed by atoms with Crippen molar-refractivity contribution in [3.05, 3.63) is 23.9 Å². The van der Waals surface area contributed by atoms with Gasteiger partial charge in [-0.05, 0) is 51.9 Å². The summed E-state index contributed by atoms with van der Waals surface area (Å²) in [6, 6.07) is 6.39. The third kappa shape index (κ3) is 4.48.